The Kier molecular flexibility index (Phi) is 5.41. The highest BCUT2D eigenvalue weighted by Gasteiger charge is 2.36. The van der Waals surface area contributed by atoms with Crippen molar-refractivity contribution in [3.8, 4) is 17.0 Å². The SMILES string of the molecule is COc1cc(-c2[nH]c3ccc(N4CCN(CC5(C)COC5)CC4)nc3c2C(C)C)cn2ncnc12. The third-order valence-corrected chi connectivity index (χ3v) is 7.29. The van der Waals surface area contributed by atoms with Gasteiger partial charge in [0.2, 0.25) is 0 Å². The van der Waals surface area contributed by atoms with Gasteiger partial charge in [-0.2, -0.15) is 5.10 Å². The summed E-state index contributed by atoms with van der Waals surface area (Å²) in [5.41, 5.74) is 6.37. The van der Waals surface area contributed by atoms with Crippen LogP contribution in [0, 0.1) is 5.41 Å². The third-order valence-electron chi connectivity index (χ3n) is 7.29. The molecule has 2 aliphatic heterocycles. The molecule has 2 aliphatic rings. The molecule has 35 heavy (non-hydrogen) atoms. The number of H-pyrrole nitrogens is 1. The van der Waals surface area contributed by atoms with E-state index in [4.69, 9.17) is 14.5 Å². The Morgan fingerprint density at radius 2 is 1.97 bits per heavy atom. The minimum absolute atomic E-state index is 0.293. The predicted molar refractivity (Wildman–Crippen MR) is 136 cm³/mol. The summed E-state index contributed by atoms with van der Waals surface area (Å²) >= 11 is 0. The topological polar surface area (TPSA) is 83.8 Å². The molecule has 0 aromatic carbocycles. The first kappa shape index (κ1) is 22.3. The number of ether oxygens (including phenoxy) is 2. The Labute approximate surface area is 205 Å². The number of hydrogen-bond donors (Lipinski definition) is 1. The number of nitrogens with one attached hydrogen (secondary N) is 1. The minimum atomic E-state index is 0.293. The van der Waals surface area contributed by atoms with Crippen LogP contribution in [0.2, 0.25) is 0 Å². The molecule has 6 heterocycles. The number of fused-ring (bicyclic) bond motifs is 2. The molecular weight excluding hydrogens is 442 g/mol. The molecule has 0 amide bonds. The first-order chi connectivity index (χ1) is 16.9. The quantitative estimate of drug-likeness (QED) is 0.456. The maximum Gasteiger partial charge on any atom is 0.197 e. The average Bonchev–Trinajstić information content (AvgIpc) is 3.47. The van der Waals surface area contributed by atoms with Crippen molar-refractivity contribution in [3.05, 3.63) is 36.3 Å². The van der Waals surface area contributed by atoms with Crippen LogP contribution < -0.4 is 9.64 Å². The lowest BCUT2D eigenvalue weighted by atomic mass is 9.88. The van der Waals surface area contributed by atoms with E-state index in [0.29, 0.717) is 22.7 Å². The summed E-state index contributed by atoms with van der Waals surface area (Å²) < 4.78 is 12.8. The van der Waals surface area contributed by atoms with Crippen molar-refractivity contribution in [2.24, 2.45) is 5.41 Å². The number of nitrogens with zero attached hydrogens (tertiary/aromatic N) is 6. The first-order valence-corrected chi connectivity index (χ1v) is 12.4. The molecule has 0 unspecified atom stereocenters. The molecule has 1 N–H and O–H groups in total. The van der Waals surface area contributed by atoms with Gasteiger partial charge in [0, 0.05) is 55.5 Å². The smallest absolute Gasteiger partial charge is 0.197 e. The monoisotopic (exact) mass is 475 g/mol. The largest absolute Gasteiger partial charge is 0.493 e. The van der Waals surface area contributed by atoms with Gasteiger partial charge in [-0.25, -0.2) is 14.5 Å². The maximum atomic E-state index is 5.60. The molecule has 6 rings (SSSR count). The third kappa shape index (κ3) is 3.92. The van der Waals surface area contributed by atoms with E-state index < -0.39 is 0 Å². The van der Waals surface area contributed by atoms with Crippen LogP contribution in [-0.4, -0.2) is 82.5 Å². The molecule has 4 aromatic rings. The minimum Gasteiger partial charge on any atom is -0.493 e. The van der Waals surface area contributed by atoms with Crippen LogP contribution in [0.25, 0.3) is 27.9 Å². The molecule has 0 aliphatic carbocycles. The van der Waals surface area contributed by atoms with Gasteiger partial charge in [-0.3, -0.25) is 4.90 Å². The molecule has 184 valence electrons. The van der Waals surface area contributed by atoms with Crippen LogP contribution in [-0.2, 0) is 4.74 Å². The van der Waals surface area contributed by atoms with Gasteiger partial charge in [-0.1, -0.05) is 20.8 Å². The Morgan fingerprint density at radius 1 is 1.17 bits per heavy atom. The lowest BCUT2D eigenvalue weighted by Crippen LogP contribution is -2.54. The van der Waals surface area contributed by atoms with Gasteiger partial charge in [0.1, 0.15) is 12.1 Å². The number of hydrogen-bond acceptors (Lipinski definition) is 7. The zero-order valence-electron chi connectivity index (χ0n) is 20.9. The molecule has 0 radical (unpaired) electrons. The Bertz CT molecular complexity index is 1360. The van der Waals surface area contributed by atoms with Crippen LogP contribution in [0.4, 0.5) is 5.82 Å². The van der Waals surface area contributed by atoms with Crippen LogP contribution in [0.1, 0.15) is 32.3 Å². The number of aromatic nitrogens is 5. The van der Waals surface area contributed by atoms with Gasteiger partial charge in [-0.15, -0.1) is 0 Å². The number of methoxy groups -OCH3 is 1. The summed E-state index contributed by atoms with van der Waals surface area (Å²) in [6, 6.07) is 6.33. The predicted octanol–water partition coefficient (Wildman–Crippen LogP) is 3.56. The molecule has 0 atom stereocenters. The fourth-order valence-electron chi connectivity index (χ4n) is 5.44. The molecular formula is C26H33N7O2. The zero-order chi connectivity index (χ0) is 24.2. The van der Waals surface area contributed by atoms with Crippen molar-refractivity contribution in [2.75, 3.05) is 57.9 Å². The van der Waals surface area contributed by atoms with Crippen molar-refractivity contribution in [3.63, 3.8) is 0 Å². The number of piperazine rings is 1. The van der Waals surface area contributed by atoms with E-state index in [1.54, 1.807) is 18.0 Å². The van der Waals surface area contributed by atoms with E-state index in [1.165, 1.54) is 5.56 Å². The van der Waals surface area contributed by atoms with Crippen LogP contribution in [0.15, 0.2) is 30.7 Å². The highest BCUT2D eigenvalue weighted by Crippen LogP contribution is 2.37. The average molecular weight is 476 g/mol. The zero-order valence-corrected chi connectivity index (χ0v) is 20.9. The summed E-state index contributed by atoms with van der Waals surface area (Å²) in [7, 11) is 1.66. The van der Waals surface area contributed by atoms with Gasteiger partial charge < -0.3 is 19.4 Å². The van der Waals surface area contributed by atoms with Crippen molar-refractivity contribution in [1.82, 2.24) is 29.5 Å². The summed E-state index contributed by atoms with van der Waals surface area (Å²) in [6.45, 7) is 13.7. The van der Waals surface area contributed by atoms with Gasteiger partial charge in [-0.05, 0) is 24.1 Å². The Morgan fingerprint density at radius 3 is 2.66 bits per heavy atom. The molecule has 9 heteroatoms. The molecule has 4 aromatic heterocycles. The van der Waals surface area contributed by atoms with E-state index in [0.717, 1.165) is 74.0 Å². The summed E-state index contributed by atoms with van der Waals surface area (Å²) in [4.78, 5) is 18.1. The number of aromatic amines is 1. The fraction of sp³-hybridized carbons (Fsp3) is 0.500. The summed E-state index contributed by atoms with van der Waals surface area (Å²) in [6.07, 6.45) is 3.54. The van der Waals surface area contributed by atoms with Crippen molar-refractivity contribution < 1.29 is 9.47 Å². The number of anilines is 1. The number of rotatable bonds is 6. The van der Waals surface area contributed by atoms with E-state index >= 15 is 0 Å². The van der Waals surface area contributed by atoms with E-state index in [-0.39, 0.29) is 0 Å². The van der Waals surface area contributed by atoms with Gasteiger partial charge in [0.25, 0.3) is 0 Å². The second-order valence-electron chi connectivity index (χ2n) is 10.5. The summed E-state index contributed by atoms with van der Waals surface area (Å²) in [5, 5.41) is 4.33. The van der Waals surface area contributed by atoms with Crippen molar-refractivity contribution in [1.29, 1.82) is 0 Å². The van der Waals surface area contributed by atoms with Crippen molar-refractivity contribution >= 4 is 22.5 Å². The first-order valence-electron chi connectivity index (χ1n) is 12.4. The van der Waals surface area contributed by atoms with Crippen molar-refractivity contribution in [2.45, 2.75) is 26.7 Å². The Hall–Kier alpha value is -3.17. The lowest BCUT2D eigenvalue weighted by molar-refractivity contribution is -0.115. The standard InChI is InChI=1S/C26H33N7O2/c1-17(2)22-23(18-11-20(34-4)25-27-16-28-33(25)12-18)29-19-5-6-21(30-24(19)22)32-9-7-31(8-10-32)13-26(3)14-35-15-26/h5-6,11-12,16-17,29H,7-10,13-15H2,1-4H3. The van der Waals surface area contributed by atoms with Crippen LogP contribution >= 0.6 is 0 Å². The van der Waals surface area contributed by atoms with E-state index in [2.05, 4.69) is 57.8 Å². The molecule has 9 nitrogen and oxygen atoms in total. The molecule has 2 fully saturated rings. The number of pyridine rings is 2. The van der Waals surface area contributed by atoms with Gasteiger partial charge in [0.05, 0.1) is 37.1 Å². The lowest BCUT2D eigenvalue weighted by Gasteiger charge is -2.44. The summed E-state index contributed by atoms with van der Waals surface area (Å²) in [5.74, 6) is 2.04. The maximum absolute atomic E-state index is 5.60. The van der Waals surface area contributed by atoms with E-state index in [9.17, 15) is 0 Å². The van der Waals surface area contributed by atoms with Gasteiger partial charge >= 0.3 is 0 Å². The van der Waals surface area contributed by atoms with E-state index in [1.807, 2.05) is 12.3 Å². The highest BCUT2D eigenvalue weighted by atomic mass is 16.5. The van der Waals surface area contributed by atoms with Crippen LogP contribution in [0.3, 0.4) is 0 Å². The second kappa shape index (κ2) is 8.49. The molecule has 2 saturated heterocycles. The molecule has 0 bridgehead atoms. The van der Waals surface area contributed by atoms with Crippen LogP contribution in [0.5, 0.6) is 5.75 Å². The molecule has 0 saturated carbocycles. The highest BCUT2D eigenvalue weighted by molar-refractivity contribution is 5.90. The second-order valence-corrected chi connectivity index (χ2v) is 10.5. The molecule has 0 spiro atoms. The van der Waals surface area contributed by atoms with Gasteiger partial charge in [0.15, 0.2) is 11.4 Å². The fourth-order valence-corrected chi connectivity index (χ4v) is 5.44. The normalized spacial score (nSPS) is 18.5. The Balaban J connectivity index is 1.31.